The van der Waals surface area contributed by atoms with E-state index in [1.807, 2.05) is 44.2 Å². The lowest BCUT2D eigenvalue weighted by atomic mass is 9.92. The van der Waals surface area contributed by atoms with Crippen LogP contribution in [0, 0.1) is 10.1 Å². The van der Waals surface area contributed by atoms with Gasteiger partial charge in [-0.1, -0.05) is 30.3 Å². The Kier molecular flexibility index (Phi) is 5.24. The highest BCUT2D eigenvalue weighted by Crippen LogP contribution is 2.28. The van der Waals surface area contributed by atoms with Crippen molar-refractivity contribution in [2.45, 2.75) is 31.7 Å². The van der Waals surface area contributed by atoms with Gasteiger partial charge in [0.1, 0.15) is 6.26 Å². The van der Waals surface area contributed by atoms with Gasteiger partial charge in [-0.2, -0.15) is 0 Å². The fourth-order valence-electron chi connectivity index (χ4n) is 3.17. The molecule has 0 aliphatic carbocycles. The number of morpholine rings is 1. The van der Waals surface area contributed by atoms with Crippen LogP contribution in [-0.4, -0.2) is 54.6 Å². The van der Waals surface area contributed by atoms with E-state index < -0.39 is 5.79 Å². The SMILES string of the molecule is CC1(C)OC=C(N2CCOC(C(C[N+](=O)[O-])c3ccccc3)C2)CO1. The van der Waals surface area contributed by atoms with Gasteiger partial charge < -0.3 is 19.1 Å². The van der Waals surface area contributed by atoms with Crippen LogP contribution in [0.15, 0.2) is 42.3 Å². The van der Waals surface area contributed by atoms with Crippen LogP contribution >= 0.6 is 0 Å². The number of hydrogen-bond acceptors (Lipinski definition) is 6. The molecule has 2 atom stereocenters. The van der Waals surface area contributed by atoms with Gasteiger partial charge in [0.15, 0.2) is 0 Å². The van der Waals surface area contributed by atoms with Crippen LogP contribution in [-0.2, 0) is 14.2 Å². The van der Waals surface area contributed by atoms with E-state index in [0.717, 1.165) is 17.8 Å². The summed E-state index contributed by atoms with van der Waals surface area (Å²) in [5.74, 6) is -0.908. The minimum absolute atomic E-state index is 0.151. The zero-order chi connectivity index (χ0) is 17.9. The first-order chi connectivity index (χ1) is 11.9. The summed E-state index contributed by atoms with van der Waals surface area (Å²) in [5, 5.41) is 11.2. The summed E-state index contributed by atoms with van der Waals surface area (Å²) in [5.41, 5.74) is 1.87. The fourth-order valence-corrected chi connectivity index (χ4v) is 3.17. The monoisotopic (exact) mass is 348 g/mol. The van der Waals surface area contributed by atoms with Crippen molar-refractivity contribution in [3.63, 3.8) is 0 Å². The van der Waals surface area contributed by atoms with Gasteiger partial charge in [0.2, 0.25) is 12.3 Å². The largest absolute Gasteiger partial charge is 0.469 e. The van der Waals surface area contributed by atoms with Crippen LogP contribution in [0.5, 0.6) is 0 Å². The van der Waals surface area contributed by atoms with E-state index in [1.165, 1.54) is 0 Å². The molecule has 2 aliphatic rings. The van der Waals surface area contributed by atoms with Gasteiger partial charge in [-0.3, -0.25) is 10.1 Å². The zero-order valence-electron chi connectivity index (χ0n) is 14.6. The molecule has 0 aromatic heterocycles. The van der Waals surface area contributed by atoms with Crippen LogP contribution in [0.3, 0.4) is 0 Å². The summed E-state index contributed by atoms with van der Waals surface area (Å²) in [6.07, 6.45) is 1.48. The third kappa shape index (κ3) is 4.49. The van der Waals surface area contributed by atoms with Crippen LogP contribution in [0.2, 0.25) is 0 Å². The first-order valence-corrected chi connectivity index (χ1v) is 8.49. The molecule has 0 spiro atoms. The van der Waals surface area contributed by atoms with Crippen molar-refractivity contribution in [3.05, 3.63) is 58.0 Å². The molecule has 2 aliphatic heterocycles. The van der Waals surface area contributed by atoms with Crippen molar-refractivity contribution in [3.8, 4) is 0 Å². The lowest BCUT2D eigenvalue weighted by molar-refractivity contribution is -0.485. The summed E-state index contributed by atoms with van der Waals surface area (Å²) in [6, 6.07) is 9.55. The predicted octanol–water partition coefficient (Wildman–Crippen LogP) is 2.37. The van der Waals surface area contributed by atoms with Crippen LogP contribution in [0.25, 0.3) is 0 Å². The standard InChI is InChI=1S/C18H24N2O5/c1-18(2)24-12-15(13-25-18)19-8-9-23-17(11-19)16(10-20(21)22)14-6-4-3-5-7-14/h3-7,12,16-17H,8-11,13H2,1-2H3. The number of nitro groups is 1. The van der Waals surface area contributed by atoms with Crippen molar-refractivity contribution in [2.75, 3.05) is 32.8 Å². The zero-order valence-corrected chi connectivity index (χ0v) is 14.6. The molecule has 0 radical (unpaired) electrons. The molecular formula is C18H24N2O5. The number of rotatable bonds is 5. The molecule has 1 fully saturated rings. The molecule has 0 N–H and O–H groups in total. The average Bonchev–Trinajstić information content (AvgIpc) is 2.60. The maximum absolute atomic E-state index is 11.2. The normalized spacial score (nSPS) is 24.2. The Morgan fingerprint density at radius 2 is 2.12 bits per heavy atom. The number of nitrogens with zero attached hydrogens (tertiary/aromatic N) is 2. The topological polar surface area (TPSA) is 74.1 Å². The van der Waals surface area contributed by atoms with Gasteiger partial charge in [-0.25, -0.2) is 0 Å². The van der Waals surface area contributed by atoms with E-state index in [-0.39, 0.29) is 23.5 Å². The van der Waals surface area contributed by atoms with Crippen molar-refractivity contribution in [1.29, 1.82) is 0 Å². The van der Waals surface area contributed by atoms with E-state index in [2.05, 4.69) is 4.90 Å². The number of benzene rings is 1. The van der Waals surface area contributed by atoms with E-state index in [4.69, 9.17) is 14.2 Å². The Morgan fingerprint density at radius 3 is 2.76 bits per heavy atom. The minimum atomic E-state index is -0.618. The molecule has 136 valence electrons. The van der Waals surface area contributed by atoms with Crippen LogP contribution < -0.4 is 0 Å². The van der Waals surface area contributed by atoms with Gasteiger partial charge in [0.05, 0.1) is 30.9 Å². The van der Waals surface area contributed by atoms with Crippen molar-refractivity contribution < 1.29 is 19.1 Å². The van der Waals surface area contributed by atoms with E-state index in [0.29, 0.717) is 19.8 Å². The molecule has 1 saturated heterocycles. The quantitative estimate of drug-likeness (QED) is 0.601. The van der Waals surface area contributed by atoms with E-state index in [1.54, 1.807) is 6.26 Å². The second kappa shape index (κ2) is 7.41. The number of hydrogen-bond donors (Lipinski definition) is 0. The van der Waals surface area contributed by atoms with Gasteiger partial charge in [-0.15, -0.1) is 0 Å². The molecular weight excluding hydrogens is 324 g/mol. The highest BCUT2D eigenvalue weighted by atomic mass is 16.7. The lowest BCUT2D eigenvalue weighted by Crippen LogP contribution is -2.47. The molecule has 1 aromatic carbocycles. The molecule has 0 bridgehead atoms. The molecule has 2 unspecified atom stereocenters. The summed E-state index contributed by atoms with van der Waals surface area (Å²) in [7, 11) is 0. The predicted molar refractivity (Wildman–Crippen MR) is 91.6 cm³/mol. The summed E-state index contributed by atoms with van der Waals surface area (Å²) in [4.78, 5) is 13.0. The highest BCUT2D eigenvalue weighted by Gasteiger charge is 2.35. The van der Waals surface area contributed by atoms with Gasteiger partial charge >= 0.3 is 0 Å². The summed E-state index contributed by atoms with van der Waals surface area (Å²) >= 11 is 0. The second-order valence-electron chi connectivity index (χ2n) is 6.80. The third-order valence-electron chi connectivity index (χ3n) is 4.57. The Morgan fingerprint density at radius 1 is 1.36 bits per heavy atom. The molecule has 7 heteroatoms. The molecule has 0 amide bonds. The molecule has 25 heavy (non-hydrogen) atoms. The van der Waals surface area contributed by atoms with Gasteiger partial charge in [0, 0.05) is 31.9 Å². The van der Waals surface area contributed by atoms with Crippen LogP contribution in [0.1, 0.15) is 25.3 Å². The van der Waals surface area contributed by atoms with Crippen molar-refractivity contribution in [1.82, 2.24) is 4.90 Å². The Bertz CT molecular complexity index is 632. The number of ether oxygens (including phenoxy) is 3. The first-order valence-electron chi connectivity index (χ1n) is 8.49. The van der Waals surface area contributed by atoms with E-state index in [9.17, 15) is 10.1 Å². The Balaban J connectivity index is 1.74. The minimum Gasteiger partial charge on any atom is -0.469 e. The van der Waals surface area contributed by atoms with Crippen LogP contribution in [0.4, 0.5) is 0 Å². The summed E-state index contributed by atoms with van der Waals surface area (Å²) in [6.45, 7) is 5.86. The maximum Gasteiger partial charge on any atom is 0.213 e. The fraction of sp³-hybridized carbons (Fsp3) is 0.556. The van der Waals surface area contributed by atoms with Crippen molar-refractivity contribution in [2.24, 2.45) is 0 Å². The second-order valence-corrected chi connectivity index (χ2v) is 6.80. The summed E-state index contributed by atoms with van der Waals surface area (Å²) < 4.78 is 17.2. The van der Waals surface area contributed by atoms with Crippen molar-refractivity contribution >= 4 is 0 Å². The Hall–Kier alpha value is -2.12. The van der Waals surface area contributed by atoms with E-state index >= 15 is 0 Å². The highest BCUT2D eigenvalue weighted by molar-refractivity contribution is 5.21. The third-order valence-corrected chi connectivity index (χ3v) is 4.57. The molecule has 1 aromatic rings. The van der Waals surface area contributed by atoms with Gasteiger partial charge in [-0.05, 0) is 5.56 Å². The lowest BCUT2D eigenvalue weighted by Gasteiger charge is -2.40. The Labute approximate surface area is 147 Å². The smallest absolute Gasteiger partial charge is 0.213 e. The average molecular weight is 348 g/mol. The maximum atomic E-state index is 11.2. The molecule has 0 saturated carbocycles. The molecule has 7 nitrogen and oxygen atoms in total. The molecule has 3 rings (SSSR count). The first kappa shape index (κ1) is 17.7. The van der Waals surface area contributed by atoms with Gasteiger partial charge in [0.25, 0.3) is 0 Å². The molecule has 2 heterocycles.